The Balaban J connectivity index is 1.86. The minimum Gasteiger partial charge on any atom is -0.497 e. The minimum atomic E-state index is -0.435. The number of nitro benzene ring substituents is 1. The Kier molecular flexibility index (Phi) is 6.24. The third kappa shape index (κ3) is 5.19. The topological polar surface area (TPSA) is 81.5 Å². The summed E-state index contributed by atoms with van der Waals surface area (Å²) in [4.78, 5) is 23.4. The Labute approximate surface area is 169 Å². The molecule has 29 heavy (non-hydrogen) atoms. The Morgan fingerprint density at radius 1 is 1.07 bits per heavy atom. The van der Waals surface area contributed by atoms with Crippen molar-refractivity contribution < 1.29 is 14.5 Å². The number of aryl methyl sites for hydroxylation is 1. The number of nitrogens with zero attached hydrogens (tertiary/aromatic N) is 1. The molecule has 0 heterocycles. The van der Waals surface area contributed by atoms with Crippen LogP contribution in [-0.4, -0.2) is 17.8 Å². The zero-order valence-electron chi connectivity index (χ0n) is 16.3. The smallest absolute Gasteiger partial charge is 0.269 e. The SMILES string of the molecule is COc1ccc(C(=O)CC(Nc2cccc(C)c2)c2ccc([N+](=O)[O-])cc2)cc1. The number of non-ortho nitro benzene ring substituents is 1. The predicted octanol–water partition coefficient (Wildman–Crippen LogP) is 5.34. The van der Waals surface area contributed by atoms with Gasteiger partial charge in [-0.15, -0.1) is 0 Å². The van der Waals surface area contributed by atoms with E-state index in [2.05, 4.69) is 5.32 Å². The van der Waals surface area contributed by atoms with Crippen LogP contribution in [0.2, 0.25) is 0 Å². The lowest BCUT2D eigenvalue weighted by atomic mass is 9.97. The normalized spacial score (nSPS) is 11.5. The van der Waals surface area contributed by atoms with Crippen LogP contribution in [-0.2, 0) is 0 Å². The first-order valence-corrected chi connectivity index (χ1v) is 9.21. The number of hydrogen-bond acceptors (Lipinski definition) is 5. The van der Waals surface area contributed by atoms with E-state index in [1.54, 1.807) is 43.5 Å². The average Bonchev–Trinajstić information content (AvgIpc) is 2.73. The van der Waals surface area contributed by atoms with Crippen molar-refractivity contribution in [2.24, 2.45) is 0 Å². The number of nitro groups is 1. The van der Waals surface area contributed by atoms with E-state index in [1.807, 2.05) is 31.2 Å². The molecule has 1 unspecified atom stereocenters. The van der Waals surface area contributed by atoms with Gasteiger partial charge in [-0.2, -0.15) is 0 Å². The van der Waals surface area contributed by atoms with Crippen molar-refractivity contribution in [1.82, 2.24) is 0 Å². The van der Waals surface area contributed by atoms with Gasteiger partial charge in [-0.3, -0.25) is 14.9 Å². The number of ether oxygens (including phenoxy) is 1. The number of Topliss-reactive ketones (excluding diaryl/α,β-unsaturated/α-hetero) is 1. The van der Waals surface area contributed by atoms with E-state index >= 15 is 0 Å². The highest BCUT2D eigenvalue weighted by molar-refractivity contribution is 5.96. The fraction of sp³-hybridized carbons (Fsp3) is 0.174. The van der Waals surface area contributed by atoms with Crippen LogP contribution >= 0.6 is 0 Å². The molecule has 0 saturated heterocycles. The lowest BCUT2D eigenvalue weighted by Crippen LogP contribution is -2.16. The number of benzene rings is 3. The Morgan fingerprint density at radius 2 is 1.76 bits per heavy atom. The molecule has 0 saturated carbocycles. The zero-order valence-corrected chi connectivity index (χ0v) is 16.3. The van der Waals surface area contributed by atoms with Gasteiger partial charge in [-0.05, 0) is 54.4 Å². The van der Waals surface area contributed by atoms with Gasteiger partial charge in [0.2, 0.25) is 0 Å². The lowest BCUT2D eigenvalue weighted by molar-refractivity contribution is -0.384. The van der Waals surface area contributed by atoms with Crippen LogP contribution in [0.5, 0.6) is 5.75 Å². The van der Waals surface area contributed by atoms with Crippen molar-refractivity contribution in [3.63, 3.8) is 0 Å². The van der Waals surface area contributed by atoms with Gasteiger partial charge in [0.25, 0.3) is 5.69 Å². The Hall–Kier alpha value is -3.67. The number of carbonyl (C=O) groups excluding carboxylic acids is 1. The summed E-state index contributed by atoms with van der Waals surface area (Å²) in [7, 11) is 1.58. The molecule has 0 fully saturated rings. The molecular formula is C23H22N2O4. The van der Waals surface area contributed by atoms with E-state index in [0.717, 1.165) is 16.8 Å². The van der Waals surface area contributed by atoms with E-state index in [0.29, 0.717) is 11.3 Å². The van der Waals surface area contributed by atoms with Crippen LogP contribution in [0.3, 0.4) is 0 Å². The molecule has 0 spiro atoms. The third-order valence-corrected chi connectivity index (χ3v) is 4.67. The van der Waals surface area contributed by atoms with Crippen molar-refractivity contribution in [3.8, 4) is 5.75 Å². The fourth-order valence-corrected chi connectivity index (χ4v) is 3.10. The summed E-state index contributed by atoms with van der Waals surface area (Å²) in [6, 6.07) is 20.8. The summed E-state index contributed by atoms with van der Waals surface area (Å²) in [5.41, 5.74) is 3.39. The maximum atomic E-state index is 12.9. The molecule has 1 N–H and O–H groups in total. The van der Waals surface area contributed by atoms with Gasteiger partial charge in [-0.1, -0.05) is 24.3 Å². The van der Waals surface area contributed by atoms with E-state index in [-0.39, 0.29) is 23.9 Å². The van der Waals surface area contributed by atoms with Gasteiger partial charge in [0, 0.05) is 29.8 Å². The summed E-state index contributed by atoms with van der Waals surface area (Å²) >= 11 is 0. The first-order valence-electron chi connectivity index (χ1n) is 9.21. The standard InChI is InChI=1S/C23H22N2O4/c1-16-4-3-5-19(14-16)24-22(17-6-10-20(11-7-17)25(27)28)15-23(26)18-8-12-21(29-2)13-9-18/h3-14,22,24H,15H2,1-2H3. The molecule has 3 aromatic carbocycles. The molecule has 3 rings (SSSR count). The quantitative estimate of drug-likeness (QED) is 0.319. The molecule has 148 valence electrons. The predicted molar refractivity (Wildman–Crippen MR) is 113 cm³/mol. The maximum absolute atomic E-state index is 12.9. The van der Waals surface area contributed by atoms with Crippen LogP contribution < -0.4 is 10.1 Å². The zero-order chi connectivity index (χ0) is 20.8. The molecule has 0 amide bonds. The molecule has 0 aliphatic carbocycles. The maximum Gasteiger partial charge on any atom is 0.269 e. The lowest BCUT2D eigenvalue weighted by Gasteiger charge is -2.20. The fourth-order valence-electron chi connectivity index (χ4n) is 3.10. The highest BCUT2D eigenvalue weighted by Gasteiger charge is 2.19. The van der Waals surface area contributed by atoms with Crippen molar-refractivity contribution in [2.45, 2.75) is 19.4 Å². The molecule has 0 aliphatic rings. The van der Waals surface area contributed by atoms with Crippen LogP contribution in [0.4, 0.5) is 11.4 Å². The van der Waals surface area contributed by atoms with Crippen molar-refractivity contribution in [2.75, 3.05) is 12.4 Å². The number of anilines is 1. The highest BCUT2D eigenvalue weighted by Crippen LogP contribution is 2.27. The summed E-state index contributed by atoms with van der Waals surface area (Å²) in [6.07, 6.45) is 0.206. The Morgan fingerprint density at radius 3 is 2.34 bits per heavy atom. The molecule has 0 bridgehead atoms. The van der Waals surface area contributed by atoms with Crippen molar-refractivity contribution in [3.05, 3.63) is 99.6 Å². The first-order chi connectivity index (χ1) is 14.0. The van der Waals surface area contributed by atoms with Gasteiger partial charge < -0.3 is 10.1 Å². The van der Waals surface area contributed by atoms with E-state index in [9.17, 15) is 14.9 Å². The molecule has 0 radical (unpaired) electrons. The van der Waals surface area contributed by atoms with Gasteiger partial charge in [0.05, 0.1) is 18.1 Å². The molecule has 1 atom stereocenters. The molecule has 3 aromatic rings. The molecular weight excluding hydrogens is 368 g/mol. The largest absolute Gasteiger partial charge is 0.497 e. The monoisotopic (exact) mass is 390 g/mol. The number of methoxy groups -OCH3 is 1. The van der Waals surface area contributed by atoms with E-state index < -0.39 is 4.92 Å². The van der Waals surface area contributed by atoms with Crippen LogP contribution in [0, 0.1) is 17.0 Å². The number of ketones is 1. The second-order valence-corrected chi connectivity index (χ2v) is 6.77. The molecule has 0 aromatic heterocycles. The van der Waals surface area contributed by atoms with Gasteiger partial charge in [0.1, 0.15) is 5.75 Å². The molecule has 6 heteroatoms. The summed E-state index contributed by atoms with van der Waals surface area (Å²) in [5.74, 6) is 0.655. The van der Waals surface area contributed by atoms with Gasteiger partial charge in [0.15, 0.2) is 5.78 Å². The molecule has 0 aliphatic heterocycles. The van der Waals surface area contributed by atoms with Crippen molar-refractivity contribution in [1.29, 1.82) is 0 Å². The number of rotatable bonds is 8. The third-order valence-electron chi connectivity index (χ3n) is 4.67. The molecule has 6 nitrogen and oxygen atoms in total. The Bertz CT molecular complexity index is 998. The second kappa shape index (κ2) is 9.01. The summed E-state index contributed by atoms with van der Waals surface area (Å²) < 4.78 is 5.14. The van der Waals surface area contributed by atoms with Crippen LogP contribution in [0.25, 0.3) is 0 Å². The second-order valence-electron chi connectivity index (χ2n) is 6.77. The van der Waals surface area contributed by atoms with Crippen LogP contribution in [0.15, 0.2) is 72.8 Å². The number of hydrogen-bond donors (Lipinski definition) is 1. The number of nitrogens with one attached hydrogen (secondary N) is 1. The highest BCUT2D eigenvalue weighted by atomic mass is 16.6. The van der Waals surface area contributed by atoms with E-state index in [4.69, 9.17) is 4.74 Å². The minimum absolute atomic E-state index is 0.0181. The van der Waals surface area contributed by atoms with Gasteiger partial charge >= 0.3 is 0 Å². The van der Waals surface area contributed by atoms with E-state index in [1.165, 1.54) is 12.1 Å². The first kappa shape index (κ1) is 20.1. The van der Waals surface area contributed by atoms with Gasteiger partial charge in [-0.25, -0.2) is 0 Å². The number of carbonyl (C=O) groups is 1. The van der Waals surface area contributed by atoms with Crippen molar-refractivity contribution >= 4 is 17.2 Å². The average molecular weight is 390 g/mol. The van der Waals surface area contributed by atoms with Crippen LogP contribution in [0.1, 0.15) is 33.9 Å². The summed E-state index contributed by atoms with van der Waals surface area (Å²) in [6.45, 7) is 1.99. The summed E-state index contributed by atoms with van der Waals surface area (Å²) in [5, 5.41) is 14.3.